The summed E-state index contributed by atoms with van der Waals surface area (Å²) in [6.45, 7) is 2.75. The lowest BCUT2D eigenvalue weighted by molar-refractivity contribution is -0.138. The third-order valence-corrected chi connectivity index (χ3v) is 4.25. The predicted molar refractivity (Wildman–Crippen MR) is 94.3 cm³/mol. The highest BCUT2D eigenvalue weighted by atomic mass is 19.4. The number of halogens is 5. The molecular weight excluding hydrogens is 399 g/mol. The highest BCUT2D eigenvalue weighted by Gasteiger charge is 2.35. The molecule has 2 rings (SSSR count). The number of methoxy groups -OCH3 is 1. The van der Waals surface area contributed by atoms with Gasteiger partial charge >= 0.3 is 12.3 Å². The van der Waals surface area contributed by atoms with Gasteiger partial charge in [-0.2, -0.15) is 13.2 Å². The first-order chi connectivity index (χ1) is 13.6. The van der Waals surface area contributed by atoms with Gasteiger partial charge in [0.2, 0.25) is 0 Å². The topological polar surface area (TPSA) is 44.8 Å². The van der Waals surface area contributed by atoms with Crippen LogP contribution in [0.2, 0.25) is 0 Å². The van der Waals surface area contributed by atoms with E-state index < -0.39 is 47.8 Å². The molecule has 0 N–H and O–H groups in total. The third-order valence-electron chi connectivity index (χ3n) is 4.25. The number of alkyl halides is 5. The molecule has 0 amide bonds. The van der Waals surface area contributed by atoms with Crippen LogP contribution in [0.25, 0.3) is 0 Å². The van der Waals surface area contributed by atoms with Crippen molar-refractivity contribution in [2.24, 2.45) is 0 Å². The Morgan fingerprint density at radius 3 is 2.38 bits per heavy atom. The standard InChI is InChI=1S/C20H19F5O4/c1-4-12-9-13(18(21)22)17(8-11(12)2)28-10-14-15(20(23,24)25)6-5-7-16(14)29-19(26)27-3/h5-9,18H,4,10H2,1-3H3. The van der Waals surface area contributed by atoms with Crippen LogP contribution in [0.5, 0.6) is 11.5 Å². The van der Waals surface area contributed by atoms with Crippen molar-refractivity contribution in [2.75, 3.05) is 7.11 Å². The van der Waals surface area contributed by atoms with Gasteiger partial charge in [0.15, 0.2) is 0 Å². The molecule has 0 aromatic heterocycles. The summed E-state index contributed by atoms with van der Waals surface area (Å²) < 4.78 is 81.5. The highest BCUT2D eigenvalue weighted by molar-refractivity contribution is 5.64. The highest BCUT2D eigenvalue weighted by Crippen LogP contribution is 2.38. The Morgan fingerprint density at radius 2 is 1.83 bits per heavy atom. The molecule has 158 valence electrons. The van der Waals surface area contributed by atoms with Crippen molar-refractivity contribution in [3.05, 3.63) is 58.1 Å². The summed E-state index contributed by atoms with van der Waals surface area (Å²) >= 11 is 0. The maximum absolute atomic E-state index is 13.4. The molecule has 2 aromatic carbocycles. The second-order valence-electron chi connectivity index (χ2n) is 6.10. The lowest BCUT2D eigenvalue weighted by atomic mass is 10.0. The summed E-state index contributed by atoms with van der Waals surface area (Å²) in [5.41, 5.74) is -0.699. The Bertz CT molecular complexity index is 878. The zero-order chi connectivity index (χ0) is 21.8. The molecule has 0 atom stereocenters. The first kappa shape index (κ1) is 22.4. The minimum atomic E-state index is -4.78. The van der Waals surface area contributed by atoms with Crippen LogP contribution < -0.4 is 9.47 Å². The molecule has 0 radical (unpaired) electrons. The monoisotopic (exact) mass is 418 g/mol. The second-order valence-corrected chi connectivity index (χ2v) is 6.10. The summed E-state index contributed by atoms with van der Waals surface area (Å²) in [6.07, 6.45) is -8.36. The lowest BCUT2D eigenvalue weighted by Gasteiger charge is -2.19. The minimum absolute atomic E-state index is 0.240. The van der Waals surface area contributed by atoms with Crippen LogP contribution in [0.1, 0.15) is 41.2 Å². The van der Waals surface area contributed by atoms with Crippen LogP contribution in [-0.2, 0) is 23.9 Å². The molecule has 0 fully saturated rings. The molecule has 0 spiro atoms. The molecule has 0 saturated carbocycles. The van der Waals surface area contributed by atoms with Gasteiger partial charge < -0.3 is 14.2 Å². The molecule has 29 heavy (non-hydrogen) atoms. The van der Waals surface area contributed by atoms with E-state index in [9.17, 15) is 26.7 Å². The molecule has 0 aliphatic carbocycles. The quantitative estimate of drug-likeness (QED) is 0.317. The van der Waals surface area contributed by atoms with Crippen LogP contribution in [0.3, 0.4) is 0 Å². The van der Waals surface area contributed by atoms with E-state index in [4.69, 9.17) is 9.47 Å². The van der Waals surface area contributed by atoms with Gasteiger partial charge in [-0.25, -0.2) is 13.6 Å². The maximum atomic E-state index is 13.4. The Labute approximate surface area is 164 Å². The number of aryl methyl sites for hydroxylation is 2. The first-order valence-electron chi connectivity index (χ1n) is 8.57. The second kappa shape index (κ2) is 9.11. The Hall–Kier alpha value is -2.84. The molecule has 9 heteroatoms. The largest absolute Gasteiger partial charge is 0.513 e. The van der Waals surface area contributed by atoms with E-state index in [1.165, 1.54) is 12.1 Å². The van der Waals surface area contributed by atoms with Crippen molar-refractivity contribution in [3.63, 3.8) is 0 Å². The minimum Gasteiger partial charge on any atom is -0.488 e. The van der Waals surface area contributed by atoms with Crippen molar-refractivity contribution in [3.8, 4) is 11.5 Å². The molecule has 0 heterocycles. The molecule has 4 nitrogen and oxygen atoms in total. The predicted octanol–water partition coefficient (Wildman–Crippen LogP) is 6.24. The van der Waals surface area contributed by atoms with Crippen LogP contribution in [0.4, 0.5) is 26.7 Å². The Balaban J connectivity index is 2.46. The number of carbonyl (C=O) groups is 1. The molecule has 0 aliphatic rings. The fourth-order valence-electron chi connectivity index (χ4n) is 2.78. The molecular formula is C20H19F5O4. The van der Waals surface area contributed by atoms with Gasteiger partial charge in [0.05, 0.1) is 18.2 Å². The fourth-order valence-corrected chi connectivity index (χ4v) is 2.78. The van der Waals surface area contributed by atoms with E-state index in [0.29, 0.717) is 17.5 Å². The first-order valence-corrected chi connectivity index (χ1v) is 8.57. The smallest absolute Gasteiger partial charge is 0.488 e. The van der Waals surface area contributed by atoms with Gasteiger partial charge in [-0.1, -0.05) is 13.0 Å². The number of carbonyl (C=O) groups excluding carboxylic acids is 1. The summed E-state index contributed by atoms with van der Waals surface area (Å²) in [5.74, 6) is -0.678. The van der Waals surface area contributed by atoms with Crippen molar-refractivity contribution in [1.82, 2.24) is 0 Å². The van der Waals surface area contributed by atoms with Gasteiger partial charge in [0, 0.05) is 5.56 Å². The summed E-state index contributed by atoms with van der Waals surface area (Å²) in [5, 5.41) is 0. The molecule has 0 unspecified atom stereocenters. The van der Waals surface area contributed by atoms with Crippen LogP contribution in [-0.4, -0.2) is 13.3 Å². The van der Waals surface area contributed by atoms with E-state index in [2.05, 4.69) is 4.74 Å². The third kappa shape index (κ3) is 5.36. The number of benzene rings is 2. The number of hydrogen-bond acceptors (Lipinski definition) is 4. The number of ether oxygens (including phenoxy) is 3. The van der Waals surface area contributed by atoms with Gasteiger partial charge in [0.25, 0.3) is 6.43 Å². The SMILES string of the molecule is CCc1cc(C(F)F)c(OCc2c(OC(=O)OC)cccc2C(F)(F)F)cc1C. The summed E-state index contributed by atoms with van der Waals surface area (Å²) in [4.78, 5) is 11.4. The van der Waals surface area contributed by atoms with Crippen molar-refractivity contribution < 1.29 is 41.0 Å². The lowest BCUT2D eigenvalue weighted by Crippen LogP contribution is -2.15. The zero-order valence-electron chi connectivity index (χ0n) is 15.9. The Morgan fingerprint density at radius 1 is 1.14 bits per heavy atom. The molecule has 0 aliphatic heterocycles. The van der Waals surface area contributed by atoms with E-state index in [1.807, 2.05) is 0 Å². The molecule has 0 saturated heterocycles. The summed E-state index contributed by atoms with van der Waals surface area (Å²) in [7, 11) is 0.999. The number of rotatable bonds is 6. The van der Waals surface area contributed by atoms with Crippen LogP contribution in [0, 0.1) is 6.92 Å². The van der Waals surface area contributed by atoms with Crippen molar-refractivity contribution >= 4 is 6.16 Å². The number of hydrogen-bond donors (Lipinski definition) is 0. The van der Waals surface area contributed by atoms with Crippen LogP contribution >= 0.6 is 0 Å². The van der Waals surface area contributed by atoms with Crippen molar-refractivity contribution in [1.29, 1.82) is 0 Å². The van der Waals surface area contributed by atoms with Crippen LogP contribution in [0.15, 0.2) is 30.3 Å². The maximum Gasteiger partial charge on any atom is 0.513 e. The van der Waals surface area contributed by atoms with E-state index >= 15 is 0 Å². The van der Waals surface area contributed by atoms with Gasteiger partial charge in [-0.3, -0.25) is 0 Å². The fraction of sp³-hybridized carbons (Fsp3) is 0.350. The van der Waals surface area contributed by atoms with E-state index in [-0.39, 0.29) is 5.75 Å². The normalized spacial score (nSPS) is 11.5. The average molecular weight is 418 g/mol. The van der Waals surface area contributed by atoms with Gasteiger partial charge in [-0.15, -0.1) is 0 Å². The molecule has 0 bridgehead atoms. The molecule has 2 aromatic rings. The Kier molecular flexibility index (Phi) is 7.05. The van der Waals surface area contributed by atoms with Gasteiger partial charge in [-0.05, 0) is 48.7 Å². The van der Waals surface area contributed by atoms with Crippen molar-refractivity contribution in [2.45, 2.75) is 39.5 Å². The average Bonchev–Trinajstić information content (AvgIpc) is 2.65. The summed E-state index contributed by atoms with van der Waals surface area (Å²) in [6, 6.07) is 5.59. The van der Waals surface area contributed by atoms with Gasteiger partial charge in [0.1, 0.15) is 18.1 Å². The van der Waals surface area contributed by atoms with E-state index in [1.54, 1.807) is 13.8 Å². The van der Waals surface area contributed by atoms with E-state index in [0.717, 1.165) is 25.3 Å². The zero-order valence-corrected chi connectivity index (χ0v) is 15.9.